The minimum Gasteiger partial charge on any atom is -0.294 e. The van der Waals surface area contributed by atoms with Gasteiger partial charge >= 0.3 is 0 Å². The maximum Gasteiger partial charge on any atom is 0.266 e. The Labute approximate surface area is 110 Å². The maximum absolute atomic E-state index is 12.9. The van der Waals surface area contributed by atoms with Gasteiger partial charge in [-0.2, -0.15) is 0 Å². The summed E-state index contributed by atoms with van der Waals surface area (Å²) in [6.45, 7) is 4.88. The molecule has 0 saturated heterocycles. The van der Waals surface area contributed by atoms with E-state index in [1.165, 1.54) is 35.8 Å². The van der Waals surface area contributed by atoms with Crippen molar-refractivity contribution in [3.8, 4) is 5.69 Å². The highest BCUT2D eigenvalue weighted by molar-refractivity contribution is 5.95. The van der Waals surface area contributed by atoms with Gasteiger partial charge in [-0.05, 0) is 56.7 Å². The Hall–Kier alpha value is -2.23. The van der Waals surface area contributed by atoms with Crippen LogP contribution in [-0.4, -0.2) is 10.4 Å². The van der Waals surface area contributed by atoms with Crippen molar-refractivity contribution < 1.29 is 9.18 Å². The number of hydrogen-bond acceptors (Lipinski definition) is 2. The van der Waals surface area contributed by atoms with Gasteiger partial charge < -0.3 is 0 Å². The fourth-order valence-electron chi connectivity index (χ4n) is 2.23. The summed E-state index contributed by atoms with van der Waals surface area (Å²) < 4.78 is 14.4. The number of aromatic nitrogens is 1. The second kappa shape index (κ2) is 4.80. The van der Waals surface area contributed by atoms with Crippen LogP contribution in [0.25, 0.3) is 5.69 Å². The fourth-order valence-corrected chi connectivity index (χ4v) is 2.23. The normalized spacial score (nSPS) is 10.5. The highest BCUT2D eigenvalue weighted by atomic mass is 19.1. The third-order valence-electron chi connectivity index (χ3n) is 3.03. The standard InChI is InChI=1S/C15H14FNO2/c1-9-8-10(2)17(15(19)14(9)11(3)18)13-6-4-12(16)5-7-13/h4-8H,1-3H3. The molecule has 4 heteroatoms. The predicted molar refractivity (Wildman–Crippen MR) is 71.5 cm³/mol. The molecule has 1 heterocycles. The number of halogens is 1. The van der Waals surface area contributed by atoms with Crippen LogP contribution in [0.2, 0.25) is 0 Å². The van der Waals surface area contributed by atoms with Crippen LogP contribution in [0, 0.1) is 19.7 Å². The van der Waals surface area contributed by atoms with E-state index in [0.29, 0.717) is 16.9 Å². The zero-order valence-electron chi connectivity index (χ0n) is 11.0. The molecule has 19 heavy (non-hydrogen) atoms. The summed E-state index contributed by atoms with van der Waals surface area (Å²) in [6, 6.07) is 7.39. The molecule has 0 N–H and O–H groups in total. The lowest BCUT2D eigenvalue weighted by Gasteiger charge is -2.13. The van der Waals surface area contributed by atoms with Crippen LogP contribution in [0.4, 0.5) is 4.39 Å². The molecule has 0 fully saturated rings. The van der Waals surface area contributed by atoms with Gasteiger partial charge in [0.2, 0.25) is 0 Å². The predicted octanol–water partition coefficient (Wildman–Crippen LogP) is 2.80. The Morgan fingerprint density at radius 1 is 1.16 bits per heavy atom. The number of pyridine rings is 1. The molecular weight excluding hydrogens is 245 g/mol. The number of hydrogen-bond donors (Lipinski definition) is 0. The molecule has 0 aliphatic carbocycles. The van der Waals surface area contributed by atoms with Crippen molar-refractivity contribution in [3.63, 3.8) is 0 Å². The minimum atomic E-state index is -0.367. The van der Waals surface area contributed by atoms with Gasteiger partial charge in [-0.25, -0.2) is 4.39 Å². The Bertz CT molecular complexity index is 699. The number of Topliss-reactive ketones (excluding diaryl/α,β-unsaturated/α-hetero) is 1. The van der Waals surface area contributed by atoms with Crippen LogP contribution in [0.1, 0.15) is 28.5 Å². The molecule has 3 nitrogen and oxygen atoms in total. The number of aryl methyl sites for hydroxylation is 2. The molecule has 1 aromatic heterocycles. The van der Waals surface area contributed by atoms with E-state index in [1.54, 1.807) is 19.9 Å². The molecule has 2 aromatic rings. The molecule has 1 aromatic carbocycles. The molecule has 0 aliphatic heterocycles. The largest absolute Gasteiger partial charge is 0.294 e. The summed E-state index contributed by atoms with van der Waals surface area (Å²) in [7, 11) is 0. The van der Waals surface area contributed by atoms with E-state index in [1.807, 2.05) is 0 Å². The van der Waals surface area contributed by atoms with E-state index in [4.69, 9.17) is 0 Å². The van der Waals surface area contributed by atoms with Crippen LogP contribution in [0.3, 0.4) is 0 Å². The first kappa shape index (κ1) is 13.2. The summed E-state index contributed by atoms with van der Waals surface area (Å²) in [6.07, 6.45) is 0. The molecule has 0 spiro atoms. The van der Waals surface area contributed by atoms with E-state index in [9.17, 15) is 14.0 Å². The molecule has 98 valence electrons. The summed E-state index contributed by atoms with van der Waals surface area (Å²) >= 11 is 0. The van der Waals surface area contributed by atoms with Gasteiger partial charge in [0.1, 0.15) is 5.82 Å². The van der Waals surface area contributed by atoms with E-state index in [0.717, 1.165) is 0 Å². The molecule has 2 rings (SSSR count). The van der Waals surface area contributed by atoms with Crippen molar-refractivity contribution in [2.24, 2.45) is 0 Å². The number of carbonyl (C=O) groups excluding carboxylic acids is 1. The maximum atomic E-state index is 12.9. The van der Waals surface area contributed by atoms with Gasteiger partial charge in [-0.1, -0.05) is 0 Å². The smallest absolute Gasteiger partial charge is 0.266 e. The van der Waals surface area contributed by atoms with Crippen molar-refractivity contribution in [1.82, 2.24) is 4.57 Å². The van der Waals surface area contributed by atoms with Gasteiger partial charge in [-0.15, -0.1) is 0 Å². The monoisotopic (exact) mass is 259 g/mol. The highest BCUT2D eigenvalue weighted by Crippen LogP contribution is 2.13. The Kier molecular flexibility index (Phi) is 3.34. The van der Waals surface area contributed by atoms with Crippen molar-refractivity contribution in [1.29, 1.82) is 0 Å². The Morgan fingerprint density at radius 3 is 2.26 bits per heavy atom. The zero-order valence-corrected chi connectivity index (χ0v) is 11.0. The number of carbonyl (C=O) groups is 1. The van der Waals surface area contributed by atoms with E-state index < -0.39 is 0 Å². The van der Waals surface area contributed by atoms with Crippen molar-refractivity contribution in [2.45, 2.75) is 20.8 Å². The zero-order chi connectivity index (χ0) is 14.2. The third kappa shape index (κ3) is 2.34. The van der Waals surface area contributed by atoms with E-state index >= 15 is 0 Å². The highest BCUT2D eigenvalue weighted by Gasteiger charge is 2.15. The van der Waals surface area contributed by atoms with Gasteiger partial charge in [0.05, 0.1) is 5.56 Å². The number of ketones is 1. The molecule has 0 unspecified atom stereocenters. The van der Waals surface area contributed by atoms with Gasteiger partial charge in [0.15, 0.2) is 5.78 Å². The SMILES string of the molecule is CC(=O)c1c(C)cc(C)n(-c2ccc(F)cc2)c1=O. The van der Waals surface area contributed by atoms with E-state index in [-0.39, 0.29) is 22.7 Å². The average Bonchev–Trinajstić information content (AvgIpc) is 2.30. The molecular formula is C15H14FNO2. The quantitative estimate of drug-likeness (QED) is 0.778. The molecule has 0 saturated carbocycles. The van der Waals surface area contributed by atoms with Crippen molar-refractivity contribution in [2.75, 3.05) is 0 Å². The van der Waals surface area contributed by atoms with Crippen molar-refractivity contribution in [3.05, 3.63) is 63.3 Å². The molecule has 0 bridgehead atoms. The summed E-state index contributed by atoms with van der Waals surface area (Å²) in [5, 5.41) is 0. The lowest BCUT2D eigenvalue weighted by molar-refractivity contribution is 0.101. The van der Waals surface area contributed by atoms with Crippen LogP contribution in [-0.2, 0) is 0 Å². The van der Waals surface area contributed by atoms with Crippen LogP contribution in [0.5, 0.6) is 0 Å². The van der Waals surface area contributed by atoms with E-state index in [2.05, 4.69) is 0 Å². The summed E-state index contributed by atoms with van der Waals surface area (Å²) in [4.78, 5) is 23.9. The number of benzene rings is 1. The van der Waals surface area contributed by atoms with Crippen molar-refractivity contribution >= 4 is 5.78 Å². The van der Waals surface area contributed by atoms with Crippen LogP contribution >= 0.6 is 0 Å². The Morgan fingerprint density at radius 2 is 1.74 bits per heavy atom. The molecule has 0 aliphatic rings. The van der Waals surface area contributed by atoms with Crippen LogP contribution in [0.15, 0.2) is 35.1 Å². The molecule has 0 amide bonds. The minimum absolute atomic E-state index is 0.176. The first-order chi connectivity index (χ1) is 8.91. The number of rotatable bonds is 2. The summed E-state index contributed by atoms with van der Waals surface area (Å²) in [5.74, 6) is -0.633. The second-order valence-corrected chi connectivity index (χ2v) is 4.52. The topological polar surface area (TPSA) is 39.1 Å². The van der Waals surface area contributed by atoms with Gasteiger partial charge in [0.25, 0.3) is 5.56 Å². The Balaban J connectivity index is 2.77. The number of nitrogens with zero attached hydrogens (tertiary/aromatic N) is 1. The first-order valence-electron chi connectivity index (χ1n) is 5.92. The van der Waals surface area contributed by atoms with Crippen LogP contribution < -0.4 is 5.56 Å². The lowest BCUT2D eigenvalue weighted by atomic mass is 10.1. The van der Waals surface area contributed by atoms with Gasteiger partial charge in [0, 0.05) is 11.4 Å². The summed E-state index contributed by atoms with van der Waals surface area (Å²) in [5.41, 5.74) is 1.73. The molecule has 0 atom stereocenters. The van der Waals surface area contributed by atoms with Gasteiger partial charge in [-0.3, -0.25) is 14.2 Å². The lowest BCUT2D eigenvalue weighted by Crippen LogP contribution is -2.27. The third-order valence-corrected chi connectivity index (χ3v) is 3.03. The average molecular weight is 259 g/mol. The first-order valence-corrected chi connectivity index (χ1v) is 5.92. The molecule has 0 radical (unpaired) electrons. The fraction of sp³-hybridized carbons (Fsp3) is 0.200. The second-order valence-electron chi connectivity index (χ2n) is 4.52.